The monoisotopic (exact) mass is 264 g/mol. The summed E-state index contributed by atoms with van der Waals surface area (Å²) in [6, 6.07) is 0.467. The molecule has 1 aromatic rings. The van der Waals surface area contributed by atoms with Gasteiger partial charge >= 0.3 is 0 Å². The predicted molar refractivity (Wildman–Crippen MR) is 74.6 cm³/mol. The van der Waals surface area contributed by atoms with Gasteiger partial charge in [0.25, 0.3) is 0 Å². The molecule has 0 bridgehead atoms. The second kappa shape index (κ2) is 7.28. The van der Waals surface area contributed by atoms with Gasteiger partial charge in [-0.2, -0.15) is 0 Å². The summed E-state index contributed by atoms with van der Waals surface area (Å²) < 4.78 is 2.13. The van der Waals surface area contributed by atoms with Crippen LogP contribution in [0.4, 0.5) is 0 Å². The van der Waals surface area contributed by atoms with Crippen molar-refractivity contribution < 1.29 is 4.79 Å². The van der Waals surface area contributed by atoms with E-state index in [1.54, 1.807) is 0 Å². The number of imidazole rings is 1. The van der Waals surface area contributed by atoms with Crippen LogP contribution in [0.3, 0.4) is 0 Å². The largest absolute Gasteiger partial charge is 0.353 e. The number of carbonyl (C=O) groups is 1. The van der Waals surface area contributed by atoms with E-state index in [-0.39, 0.29) is 5.91 Å². The van der Waals surface area contributed by atoms with Crippen LogP contribution in [0.15, 0.2) is 12.5 Å². The lowest BCUT2D eigenvalue weighted by atomic mass is 10.3. The van der Waals surface area contributed by atoms with Gasteiger partial charge < -0.3 is 15.2 Å². The molecule has 1 fully saturated rings. The molecule has 1 aromatic heterocycles. The molecule has 0 aromatic carbocycles. The molecule has 2 rings (SSSR count). The fourth-order valence-corrected chi connectivity index (χ4v) is 2.03. The molecular formula is C14H24N4O. The lowest BCUT2D eigenvalue weighted by Gasteiger charge is -2.09. The van der Waals surface area contributed by atoms with Gasteiger partial charge in [-0.25, -0.2) is 4.98 Å². The molecule has 0 unspecified atom stereocenters. The van der Waals surface area contributed by atoms with Gasteiger partial charge in [-0.3, -0.25) is 4.79 Å². The molecule has 0 atom stereocenters. The summed E-state index contributed by atoms with van der Waals surface area (Å²) in [6.45, 7) is 4.89. The highest BCUT2D eigenvalue weighted by Gasteiger charge is 2.22. The van der Waals surface area contributed by atoms with Crippen molar-refractivity contribution in [2.45, 2.75) is 58.2 Å². The van der Waals surface area contributed by atoms with Crippen LogP contribution in [-0.2, 0) is 17.9 Å². The van der Waals surface area contributed by atoms with Gasteiger partial charge in [0, 0.05) is 31.7 Å². The first kappa shape index (κ1) is 14.1. The van der Waals surface area contributed by atoms with E-state index in [1.165, 1.54) is 5.69 Å². The molecule has 0 aliphatic heterocycles. The molecule has 19 heavy (non-hydrogen) atoms. The molecule has 1 aliphatic carbocycles. The highest BCUT2D eigenvalue weighted by atomic mass is 16.1. The predicted octanol–water partition coefficient (Wildman–Crippen LogP) is 1.44. The van der Waals surface area contributed by atoms with Crippen LogP contribution in [0, 0.1) is 0 Å². The van der Waals surface area contributed by atoms with E-state index < -0.39 is 0 Å². The molecule has 5 heteroatoms. The topological polar surface area (TPSA) is 59.0 Å². The Morgan fingerprint density at radius 1 is 1.53 bits per heavy atom. The van der Waals surface area contributed by atoms with E-state index in [0.717, 1.165) is 45.3 Å². The second-order valence-electron chi connectivity index (χ2n) is 5.20. The third-order valence-electron chi connectivity index (χ3n) is 3.28. The zero-order chi connectivity index (χ0) is 13.5. The SMILES string of the molecule is CCCNCc1cncn1CCCC(=O)NC1CC1. The number of nitrogens with zero attached hydrogens (tertiary/aromatic N) is 2. The lowest BCUT2D eigenvalue weighted by molar-refractivity contribution is -0.121. The molecule has 106 valence electrons. The van der Waals surface area contributed by atoms with Crippen LogP contribution in [0.25, 0.3) is 0 Å². The Morgan fingerprint density at radius 2 is 2.37 bits per heavy atom. The summed E-state index contributed by atoms with van der Waals surface area (Å²) in [7, 11) is 0. The van der Waals surface area contributed by atoms with Gasteiger partial charge in [0.2, 0.25) is 5.91 Å². The Morgan fingerprint density at radius 3 is 3.11 bits per heavy atom. The highest BCUT2D eigenvalue weighted by Crippen LogP contribution is 2.18. The zero-order valence-corrected chi connectivity index (χ0v) is 11.7. The number of amides is 1. The van der Waals surface area contributed by atoms with Gasteiger partial charge in [-0.15, -0.1) is 0 Å². The van der Waals surface area contributed by atoms with Crippen molar-refractivity contribution in [3.63, 3.8) is 0 Å². The maximum absolute atomic E-state index is 11.6. The molecule has 0 spiro atoms. The van der Waals surface area contributed by atoms with Crippen molar-refractivity contribution >= 4 is 5.91 Å². The molecular weight excluding hydrogens is 240 g/mol. The first-order valence-corrected chi connectivity index (χ1v) is 7.28. The quantitative estimate of drug-likeness (QED) is 0.664. The summed E-state index contributed by atoms with van der Waals surface area (Å²) in [5, 5.41) is 6.39. The zero-order valence-electron chi connectivity index (χ0n) is 11.7. The summed E-state index contributed by atoms with van der Waals surface area (Å²) in [5.41, 5.74) is 1.19. The smallest absolute Gasteiger partial charge is 0.220 e. The Bertz CT molecular complexity index is 398. The fraction of sp³-hybridized carbons (Fsp3) is 0.714. The molecule has 1 heterocycles. The lowest BCUT2D eigenvalue weighted by Crippen LogP contribution is -2.25. The van der Waals surface area contributed by atoms with E-state index in [9.17, 15) is 4.79 Å². The summed E-state index contributed by atoms with van der Waals surface area (Å²) in [5.74, 6) is 0.188. The van der Waals surface area contributed by atoms with Crippen molar-refractivity contribution in [3.05, 3.63) is 18.2 Å². The van der Waals surface area contributed by atoms with Crippen molar-refractivity contribution in [2.24, 2.45) is 0 Å². The minimum absolute atomic E-state index is 0.188. The van der Waals surface area contributed by atoms with Gasteiger partial charge in [0.15, 0.2) is 0 Å². The van der Waals surface area contributed by atoms with Crippen LogP contribution >= 0.6 is 0 Å². The average molecular weight is 264 g/mol. The standard InChI is InChI=1S/C14H24N4O/c1-2-7-15-9-13-10-16-11-18(13)8-3-4-14(19)17-12-5-6-12/h10-12,15H,2-9H2,1H3,(H,17,19). The van der Waals surface area contributed by atoms with E-state index >= 15 is 0 Å². The summed E-state index contributed by atoms with van der Waals surface area (Å²) >= 11 is 0. The minimum Gasteiger partial charge on any atom is -0.353 e. The minimum atomic E-state index is 0.188. The van der Waals surface area contributed by atoms with Gasteiger partial charge in [-0.05, 0) is 32.2 Å². The summed E-state index contributed by atoms with van der Waals surface area (Å²) in [4.78, 5) is 15.7. The van der Waals surface area contributed by atoms with Gasteiger partial charge in [-0.1, -0.05) is 6.92 Å². The number of carbonyl (C=O) groups excluding carboxylic acids is 1. The normalized spacial score (nSPS) is 14.6. The first-order chi connectivity index (χ1) is 9.29. The number of rotatable bonds is 9. The van der Waals surface area contributed by atoms with Gasteiger partial charge in [0.05, 0.1) is 12.0 Å². The van der Waals surface area contributed by atoms with Crippen molar-refractivity contribution in [1.29, 1.82) is 0 Å². The van der Waals surface area contributed by atoms with Crippen molar-refractivity contribution in [2.75, 3.05) is 6.54 Å². The number of hydrogen-bond donors (Lipinski definition) is 2. The molecule has 5 nitrogen and oxygen atoms in total. The van der Waals surface area contributed by atoms with E-state index in [4.69, 9.17) is 0 Å². The Hall–Kier alpha value is -1.36. The summed E-state index contributed by atoms with van der Waals surface area (Å²) in [6.07, 6.45) is 8.66. The van der Waals surface area contributed by atoms with E-state index in [1.807, 2.05) is 12.5 Å². The number of aromatic nitrogens is 2. The molecule has 0 saturated heterocycles. The Labute approximate surface area is 114 Å². The maximum Gasteiger partial charge on any atom is 0.220 e. The second-order valence-corrected chi connectivity index (χ2v) is 5.20. The van der Waals surface area contributed by atoms with Crippen molar-refractivity contribution in [3.8, 4) is 0 Å². The van der Waals surface area contributed by atoms with Crippen LogP contribution < -0.4 is 10.6 Å². The number of nitrogens with one attached hydrogen (secondary N) is 2. The highest BCUT2D eigenvalue weighted by molar-refractivity contribution is 5.76. The van der Waals surface area contributed by atoms with Gasteiger partial charge in [0.1, 0.15) is 0 Å². The average Bonchev–Trinajstić information content (AvgIpc) is 3.09. The number of hydrogen-bond acceptors (Lipinski definition) is 3. The molecule has 1 amide bonds. The molecule has 0 radical (unpaired) electrons. The van der Waals surface area contributed by atoms with Crippen LogP contribution in [0.1, 0.15) is 44.7 Å². The fourth-order valence-electron chi connectivity index (χ4n) is 2.03. The third-order valence-corrected chi connectivity index (χ3v) is 3.28. The van der Waals surface area contributed by atoms with E-state index in [2.05, 4.69) is 27.1 Å². The Balaban J connectivity index is 1.66. The van der Waals surface area contributed by atoms with Crippen molar-refractivity contribution in [1.82, 2.24) is 20.2 Å². The molecule has 1 saturated carbocycles. The maximum atomic E-state index is 11.6. The van der Waals surface area contributed by atoms with E-state index in [0.29, 0.717) is 12.5 Å². The van der Waals surface area contributed by atoms with Crippen LogP contribution in [0.2, 0.25) is 0 Å². The Kier molecular flexibility index (Phi) is 5.39. The third kappa shape index (κ3) is 5.03. The number of aryl methyl sites for hydroxylation is 1. The first-order valence-electron chi connectivity index (χ1n) is 7.28. The van der Waals surface area contributed by atoms with Crippen LogP contribution in [0.5, 0.6) is 0 Å². The molecule has 1 aliphatic rings. The van der Waals surface area contributed by atoms with Crippen LogP contribution in [-0.4, -0.2) is 28.0 Å². The molecule has 2 N–H and O–H groups in total.